The molecule has 2 aromatic carbocycles. The van der Waals surface area contributed by atoms with Crippen LogP contribution < -0.4 is 5.32 Å². The molecular weight excluding hydrogens is 424 g/mol. The summed E-state index contributed by atoms with van der Waals surface area (Å²) in [7, 11) is 0. The van der Waals surface area contributed by atoms with Gasteiger partial charge in [-0.2, -0.15) is 26.3 Å². The summed E-state index contributed by atoms with van der Waals surface area (Å²) in [5.41, 5.74) is -7.59. The topological polar surface area (TPSA) is 98.3 Å². The number of nitrogens with one attached hydrogen (secondary N) is 1. The van der Waals surface area contributed by atoms with Gasteiger partial charge in [0.1, 0.15) is 5.69 Å². The summed E-state index contributed by atoms with van der Waals surface area (Å²) in [6.07, 6.45) is -10.2. The molecule has 0 saturated heterocycles. The van der Waals surface area contributed by atoms with Gasteiger partial charge >= 0.3 is 12.4 Å². The van der Waals surface area contributed by atoms with E-state index in [4.69, 9.17) is 11.6 Å². The van der Waals surface area contributed by atoms with Gasteiger partial charge in [0.25, 0.3) is 11.4 Å². The first kappa shape index (κ1) is 21.2. The third-order valence-electron chi connectivity index (χ3n) is 3.36. The Morgan fingerprint density at radius 2 is 1.43 bits per heavy atom. The summed E-state index contributed by atoms with van der Waals surface area (Å²) in [5.74, 6) is 0. The van der Waals surface area contributed by atoms with E-state index in [1.54, 1.807) is 0 Å². The lowest BCUT2D eigenvalue weighted by Gasteiger charge is -2.16. The molecular formula is C14H6ClF6N3O4. The standard InChI is InChI=1S/C14H6ClF6N3O4/c15-10-2-1-6(3-8(10)13(16,17)18)22-12-9(14(19,20)21)4-7(23(25)26)5-11(12)24(27)28/h1-5,22H. The molecule has 0 aliphatic rings. The number of hydrogen-bond donors (Lipinski definition) is 1. The van der Waals surface area contributed by atoms with Crippen LogP contribution in [0.15, 0.2) is 30.3 Å². The summed E-state index contributed by atoms with van der Waals surface area (Å²) in [5, 5.41) is 23.0. The molecule has 0 aliphatic carbocycles. The maximum absolute atomic E-state index is 13.3. The Hall–Kier alpha value is -3.09. The zero-order valence-corrected chi connectivity index (χ0v) is 13.8. The Balaban J connectivity index is 2.71. The molecule has 2 aromatic rings. The number of anilines is 2. The lowest BCUT2D eigenvalue weighted by molar-refractivity contribution is -0.394. The summed E-state index contributed by atoms with van der Waals surface area (Å²) in [6.45, 7) is 0. The Labute approximate surface area is 155 Å². The van der Waals surface area contributed by atoms with Crippen molar-refractivity contribution < 1.29 is 36.2 Å². The molecule has 0 atom stereocenters. The minimum Gasteiger partial charge on any atom is -0.349 e. The van der Waals surface area contributed by atoms with Gasteiger partial charge in [0.2, 0.25) is 0 Å². The molecule has 0 spiro atoms. The van der Waals surface area contributed by atoms with Crippen LogP contribution in [-0.4, -0.2) is 9.85 Å². The average Bonchev–Trinajstić information content (AvgIpc) is 2.54. The molecule has 0 saturated carbocycles. The van der Waals surface area contributed by atoms with Crippen LogP contribution >= 0.6 is 11.6 Å². The zero-order chi connectivity index (χ0) is 21.4. The summed E-state index contributed by atoms with van der Waals surface area (Å²) in [4.78, 5) is 19.3. The molecule has 1 N–H and O–H groups in total. The molecule has 0 radical (unpaired) electrons. The first-order valence-corrected chi connectivity index (χ1v) is 7.27. The molecule has 0 bridgehead atoms. The number of halogens is 7. The van der Waals surface area contributed by atoms with E-state index in [9.17, 15) is 46.6 Å². The highest BCUT2D eigenvalue weighted by molar-refractivity contribution is 6.31. The maximum atomic E-state index is 13.3. The smallest absolute Gasteiger partial charge is 0.349 e. The molecule has 150 valence electrons. The Kier molecular flexibility index (Phi) is 5.41. The highest BCUT2D eigenvalue weighted by atomic mass is 35.5. The summed E-state index contributed by atoms with van der Waals surface area (Å²) < 4.78 is 78.6. The Bertz CT molecular complexity index is 961. The fourth-order valence-electron chi connectivity index (χ4n) is 2.18. The lowest BCUT2D eigenvalue weighted by Crippen LogP contribution is -2.12. The quantitative estimate of drug-likeness (QED) is 0.368. The van der Waals surface area contributed by atoms with Crippen molar-refractivity contribution in [1.29, 1.82) is 0 Å². The number of nitro benzene ring substituents is 2. The van der Waals surface area contributed by atoms with Crippen molar-refractivity contribution in [3.05, 3.63) is 66.7 Å². The van der Waals surface area contributed by atoms with Gasteiger partial charge in [0.15, 0.2) is 0 Å². The predicted octanol–water partition coefficient (Wildman–Crippen LogP) is 5.94. The fourth-order valence-corrected chi connectivity index (χ4v) is 2.41. The first-order chi connectivity index (χ1) is 12.7. The number of alkyl halides is 6. The molecule has 0 aliphatic heterocycles. The van der Waals surface area contributed by atoms with Gasteiger partial charge < -0.3 is 5.32 Å². The van der Waals surface area contributed by atoms with Gasteiger partial charge in [-0.25, -0.2) is 0 Å². The third-order valence-corrected chi connectivity index (χ3v) is 3.69. The van der Waals surface area contributed by atoms with Crippen molar-refractivity contribution in [2.75, 3.05) is 5.32 Å². The van der Waals surface area contributed by atoms with Crippen molar-refractivity contribution in [3.63, 3.8) is 0 Å². The molecule has 0 fully saturated rings. The number of rotatable bonds is 4. The maximum Gasteiger partial charge on any atom is 0.418 e. The van der Waals surface area contributed by atoms with Crippen LogP contribution in [0.3, 0.4) is 0 Å². The number of benzene rings is 2. The van der Waals surface area contributed by atoms with Gasteiger partial charge in [-0.05, 0) is 18.2 Å². The normalized spacial score (nSPS) is 12.0. The van der Waals surface area contributed by atoms with Crippen LogP contribution in [0.2, 0.25) is 5.02 Å². The highest BCUT2D eigenvalue weighted by Crippen LogP contribution is 2.44. The molecule has 0 amide bonds. The van der Waals surface area contributed by atoms with Crippen molar-refractivity contribution in [3.8, 4) is 0 Å². The monoisotopic (exact) mass is 429 g/mol. The second-order valence-electron chi connectivity index (χ2n) is 5.22. The zero-order valence-electron chi connectivity index (χ0n) is 13.1. The van der Waals surface area contributed by atoms with Crippen molar-refractivity contribution in [2.24, 2.45) is 0 Å². The third kappa shape index (κ3) is 4.42. The molecule has 0 unspecified atom stereocenters. The van der Waals surface area contributed by atoms with E-state index < -0.39 is 61.1 Å². The largest absolute Gasteiger partial charge is 0.418 e. The fraction of sp³-hybridized carbons (Fsp3) is 0.143. The highest BCUT2D eigenvalue weighted by Gasteiger charge is 2.40. The van der Waals surface area contributed by atoms with Crippen LogP contribution in [0.25, 0.3) is 0 Å². The van der Waals surface area contributed by atoms with Crippen LogP contribution in [-0.2, 0) is 12.4 Å². The number of hydrogen-bond acceptors (Lipinski definition) is 5. The molecule has 0 aromatic heterocycles. The van der Waals surface area contributed by atoms with Crippen LogP contribution in [0.1, 0.15) is 11.1 Å². The molecule has 7 nitrogen and oxygen atoms in total. The molecule has 14 heteroatoms. The number of nitrogens with zero attached hydrogens (tertiary/aromatic N) is 2. The van der Waals surface area contributed by atoms with Gasteiger partial charge in [-0.1, -0.05) is 11.6 Å². The van der Waals surface area contributed by atoms with Crippen LogP contribution in [0, 0.1) is 20.2 Å². The lowest BCUT2D eigenvalue weighted by atomic mass is 10.1. The number of nitro groups is 2. The first-order valence-electron chi connectivity index (χ1n) is 6.89. The Morgan fingerprint density at radius 3 is 1.89 bits per heavy atom. The van der Waals surface area contributed by atoms with Gasteiger partial charge in [0, 0.05) is 11.8 Å². The van der Waals surface area contributed by atoms with Crippen molar-refractivity contribution in [2.45, 2.75) is 12.4 Å². The van der Waals surface area contributed by atoms with Crippen LogP contribution in [0.4, 0.5) is 49.1 Å². The second-order valence-corrected chi connectivity index (χ2v) is 5.62. The summed E-state index contributed by atoms with van der Waals surface area (Å²) in [6, 6.07) is 2.25. The van der Waals surface area contributed by atoms with E-state index in [0.29, 0.717) is 6.07 Å². The van der Waals surface area contributed by atoms with E-state index in [0.717, 1.165) is 12.1 Å². The van der Waals surface area contributed by atoms with E-state index in [1.165, 1.54) is 0 Å². The van der Waals surface area contributed by atoms with Gasteiger partial charge in [0.05, 0.1) is 32.1 Å². The minimum atomic E-state index is -5.28. The van der Waals surface area contributed by atoms with Gasteiger partial charge in [-0.15, -0.1) is 0 Å². The van der Waals surface area contributed by atoms with E-state index >= 15 is 0 Å². The Morgan fingerprint density at radius 1 is 0.857 bits per heavy atom. The van der Waals surface area contributed by atoms with E-state index in [1.807, 2.05) is 5.32 Å². The van der Waals surface area contributed by atoms with E-state index in [-0.39, 0.29) is 12.1 Å². The SMILES string of the molecule is O=[N+]([O-])c1cc([N+](=O)[O-])c(Nc2ccc(Cl)c(C(F)(F)F)c2)c(C(F)(F)F)c1. The molecule has 0 heterocycles. The molecule has 28 heavy (non-hydrogen) atoms. The molecule has 2 rings (SSSR count). The average molecular weight is 430 g/mol. The van der Waals surface area contributed by atoms with Crippen LogP contribution in [0.5, 0.6) is 0 Å². The van der Waals surface area contributed by atoms with Crippen molar-refractivity contribution >= 4 is 34.4 Å². The minimum absolute atomic E-state index is 0.0376. The second kappa shape index (κ2) is 7.14. The van der Waals surface area contributed by atoms with Gasteiger partial charge in [-0.3, -0.25) is 20.2 Å². The number of non-ortho nitro benzene ring substituents is 1. The van der Waals surface area contributed by atoms with Crippen molar-refractivity contribution in [1.82, 2.24) is 0 Å². The predicted molar refractivity (Wildman–Crippen MR) is 84.5 cm³/mol. The summed E-state index contributed by atoms with van der Waals surface area (Å²) >= 11 is 5.41. The van der Waals surface area contributed by atoms with E-state index in [2.05, 4.69) is 0 Å².